The number of hydrogen-bond donors (Lipinski definition) is 0. The summed E-state index contributed by atoms with van der Waals surface area (Å²) in [5.41, 5.74) is 3.76. The van der Waals surface area contributed by atoms with E-state index in [2.05, 4.69) is 57.7 Å². The van der Waals surface area contributed by atoms with Crippen molar-refractivity contribution in [2.24, 2.45) is 0 Å². The molecule has 0 heterocycles. The highest BCUT2D eigenvalue weighted by Crippen LogP contribution is 2.42. The Morgan fingerprint density at radius 1 is 0.487 bits per heavy atom. The molecule has 7 rings (SSSR count). The summed E-state index contributed by atoms with van der Waals surface area (Å²) in [6, 6.07) is 36.8. The van der Waals surface area contributed by atoms with E-state index in [1.54, 1.807) is 57.2 Å². The van der Waals surface area contributed by atoms with Crippen LogP contribution >= 0.6 is 0 Å². The Bertz CT molecular complexity index is 2750. The van der Waals surface area contributed by atoms with E-state index >= 15 is 0 Å². The molecular formula is C68H86O12. The first kappa shape index (κ1) is 66.8. The number of benzene rings is 5. The summed E-state index contributed by atoms with van der Waals surface area (Å²) >= 11 is 0. The van der Waals surface area contributed by atoms with Crippen molar-refractivity contribution in [3.8, 4) is 23.0 Å². The normalized spacial score (nSPS) is 14.5. The van der Waals surface area contributed by atoms with Gasteiger partial charge in [0.05, 0.1) is 0 Å². The lowest BCUT2D eigenvalue weighted by Gasteiger charge is -2.29. The number of rotatable bonds is 22. The third-order valence-electron chi connectivity index (χ3n) is 12.5. The lowest BCUT2D eigenvalue weighted by molar-refractivity contribution is -0.155. The molecule has 0 radical (unpaired) electrons. The van der Waals surface area contributed by atoms with Crippen molar-refractivity contribution in [3.05, 3.63) is 194 Å². The van der Waals surface area contributed by atoms with Crippen LogP contribution in [-0.4, -0.2) is 62.2 Å². The van der Waals surface area contributed by atoms with Crippen LogP contribution in [0.3, 0.4) is 0 Å². The zero-order chi connectivity index (χ0) is 59.1. The highest BCUT2D eigenvalue weighted by atomic mass is 16.7. The van der Waals surface area contributed by atoms with Gasteiger partial charge in [-0.1, -0.05) is 112 Å². The molecule has 2 fully saturated rings. The second-order valence-corrected chi connectivity index (χ2v) is 19.2. The molecule has 5 aromatic rings. The van der Waals surface area contributed by atoms with E-state index in [0.29, 0.717) is 48.0 Å². The van der Waals surface area contributed by atoms with Crippen LogP contribution in [-0.2, 0) is 43.7 Å². The largest absolute Gasteiger partial charge is 0.465 e. The third-order valence-corrected chi connectivity index (χ3v) is 12.5. The van der Waals surface area contributed by atoms with Crippen molar-refractivity contribution >= 4 is 40.8 Å². The highest BCUT2D eigenvalue weighted by Gasteiger charge is 2.39. The fraction of sp³-hybridized carbons (Fsp3) is 0.368. The predicted molar refractivity (Wildman–Crippen MR) is 322 cm³/mol. The summed E-state index contributed by atoms with van der Waals surface area (Å²) in [5, 5.41) is 2.34. The molecule has 0 saturated heterocycles. The van der Waals surface area contributed by atoms with Crippen molar-refractivity contribution < 1.29 is 57.0 Å². The topological polar surface area (TPSA) is 134 Å². The molecule has 0 aliphatic heterocycles. The fourth-order valence-corrected chi connectivity index (χ4v) is 8.28. The minimum Gasteiger partial charge on any atom is -0.465 e. The van der Waals surface area contributed by atoms with Gasteiger partial charge in [-0.2, -0.15) is 0 Å². The average Bonchev–Trinajstić information content (AvgIpc) is 4.13. The van der Waals surface area contributed by atoms with Gasteiger partial charge in [0.15, 0.2) is 18.9 Å². The van der Waals surface area contributed by atoms with Gasteiger partial charge in [0.2, 0.25) is 0 Å². The van der Waals surface area contributed by atoms with Gasteiger partial charge in [-0.25, -0.2) is 14.4 Å². The number of carbonyl (C=O) groups is 3. The molecule has 0 bridgehead atoms. The van der Waals surface area contributed by atoms with E-state index in [9.17, 15) is 14.4 Å². The molecule has 2 saturated carbocycles. The Morgan fingerprint density at radius 2 is 0.887 bits per heavy atom. The number of esters is 3. The van der Waals surface area contributed by atoms with Crippen molar-refractivity contribution in [1.82, 2.24) is 0 Å². The second-order valence-electron chi connectivity index (χ2n) is 19.2. The zero-order valence-electron chi connectivity index (χ0n) is 48.9. The van der Waals surface area contributed by atoms with Crippen LogP contribution in [0.25, 0.3) is 22.9 Å². The van der Waals surface area contributed by atoms with Gasteiger partial charge < -0.3 is 42.6 Å². The van der Waals surface area contributed by atoms with Crippen LogP contribution in [0.1, 0.15) is 130 Å². The molecule has 0 amide bonds. The van der Waals surface area contributed by atoms with Crippen molar-refractivity contribution in [1.29, 1.82) is 0 Å². The van der Waals surface area contributed by atoms with E-state index < -0.39 is 17.2 Å². The number of ether oxygens (including phenoxy) is 9. The van der Waals surface area contributed by atoms with E-state index in [-0.39, 0.29) is 30.8 Å². The smallest absolute Gasteiger partial charge is 0.338 e. The summed E-state index contributed by atoms with van der Waals surface area (Å²) in [5.74, 6) is 1.74. The summed E-state index contributed by atoms with van der Waals surface area (Å²) in [7, 11) is 0. The van der Waals surface area contributed by atoms with Crippen LogP contribution in [0.2, 0.25) is 0 Å². The first-order valence-electron chi connectivity index (χ1n) is 27.4. The van der Waals surface area contributed by atoms with Crippen molar-refractivity contribution in [2.75, 3.05) is 19.8 Å². The summed E-state index contributed by atoms with van der Waals surface area (Å²) in [6.07, 6.45) is 12.7. The molecule has 2 aliphatic rings. The Morgan fingerprint density at radius 3 is 1.35 bits per heavy atom. The summed E-state index contributed by atoms with van der Waals surface area (Å²) < 4.78 is 48.6. The van der Waals surface area contributed by atoms with Crippen LogP contribution in [0.5, 0.6) is 23.0 Å². The second kappa shape index (κ2) is 35.2. The molecule has 12 nitrogen and oxygen atoms in total. The molecule has 0 spiro atoms. The molecular weight excluding hydrogens is 1010 g/mol. The Balaban J connectivity index is 0.000000264. The molecule has 80 heavy (non-hydrogen) atoms. The highest BCUT2D eigenvalue weighted by molar-refractivity contribution is 5.89. The van der Waals surface area contributed by atoms with E-state index in [0.717, 1.165) is 84.9 Å². The minimum atomic E-state index is -0.439. The van der Waals surface area contributed by atoms with Gasteiger partial charge in [0, 0.05) is 36.5 Å². The first-order chi connectivity index (χ1) is 38.2. The molecule has 5 aromatic carbocycles. The van der Waals surface area contributed by atoms with Gasteiger partial charge in [0.1, 0.15) is 34.2 Å². The Labute approximate surface area is 476 Å². The third kappa shape index (κ3) is 23.4. The number of fused-ring (bicyclic) bond motifs is 1. The molecule has 430 valence electrons. The van der Waals surface area contributed by atoms with Crippen LogP contribution in [0.15, 0.2) is 178 Å². The number of carbonyl (C=O) groups excluding carboxylic acids is 3. The molecule has 2 aliphatic carbocycles. The van der Waals surface area contributed by atoms with Gasteiger partial charge in [-0.3, -0.25) is 0 Å². The number of hydrogen-bond acceptors (Lipinski definition) is 12. The molecule has 0 N–H and O–H groups in total. The predicted octanol–water partition coefficient (Wildman–Crippen LogP) is 16.4. The molecule has 3 atom stereocenters. The standard InChI is InChI=1S/C16H18O2.C15H18O2.C14H18O4.C12H16O2.C11H16O2/c1-4-13-6-7-15-11-16(9-8-14(15)10-13)18-12(3)17-5-2;1-12(2)14(16)17-15(10-6-7-11-15)13-8-4-3-5-9-13;1-5-16-11(4)17-12-6-8-13(9-7-12)18-14(15)10(2)3;1-4-11-6-8-12(9-7-11)14-10(3)13-5-2;1-4-11(7-5-6-8-11)13-10(12)9(2)3/h4,6-12H,1,5H2,2-3H3;3-5,8-9H,1,6-7,10-11H2,2H3;6-9,11H,2,5H2,1,3-4H3;4,6-10H,1,5H2,2-3H3;4H,1-2,5-8H2,3H3. The lowest BCUT2D eigenvalue weighted by atomic mass is 9.92. The molecule has 3 unspecified atom stereocenters. The Hall–Kier alpha value is -7.51. The maximum Gasteiger partial charge on any atom is 0.338 e. The maximum absolute atomic E-state index is 11.8. The SMILES string of the molecule is C=C(C)C(=O)OC1(c2ccccc2)CCCC1.C=C(C)C(=O)Oc1ccc(OC(C)OCC)cc1.C=CC1(OC(=O)C(=C)C)CCCC1.C=Cc1ccc(OC(C)OCC)cc1.C=Cc1ccc2cc(OC(C)OCC)ccc2c1. The van der Waals surface area contributed by atoms with E-state index in [1.807, 2.05) is 120 Å². The molecule has 0 aromatic heterocycles. The van der Waals surface area contributed by atoms with Crippen LogP contribution in [0.4, 0.5) is 0 Å². The summed E-state index contributed by atoms with van der Waals surface area (Å²) in [4.78, 5) is 34.3. The first-order valence-corrected chi connectivity index (χ1v) is 27.4. The van der Waals surface area contributed by atoms with Crippen LogP contribution < -0.4 is 18.9 Å². The lowest BCUT2D eigenvalue weighted by Crippen LogP contribution is -2.29. The summed E-state index contributed by atoms with van der Waals surface area (Å²) in [6.45, 7) is 40.1. The quantitative estimate of drug-likeness (QED) is 0.0215. The van der Waals surface area contributed by atoms with Gasteiger partial charge in [-0.05, 0) is 202 Å². The van der Waals surface area contributed by atoms with E-state index in [1.165, 1.54) is 5.39 Å². The van der Waals surface area contributed by atoms with Gasteiger partial charge in [0.25, 0.3) is 0 Å². The van der Waals surface area contributed by atoms with Gasteiger partial charge >= 0.3 is 17.9 Å². The monoisotopic (exact) mass is 1090 g/mol. The van der Waals surface area contributed by atoms with Crippen LogP contribution in [0, 0.1) is 0 Å². The maximum atomic E-state index is 11.8. The van der Waals surface area contributed by atoms with Gasteiger partial charge in [-0.15, -0.1) is 0 Å². The van der Waals surface area contributed by atoms with Crippen molar-refractivity contribution in [3.63, 3.8) is 0 Å². The minimum absolute atomic E-state index is 0.199. The average molecular weight is 1100 g/mol. The fourth-order valence-electron chi connectivity index (χ4n) is 8.28. The zero-order valence-corrected chi connectivity index (χ0v) is 48.9. The Kier molecular flexibility index (Phi) is 29.4. The van der Waals surface area contributed by atoms with E-state index in [4.69, 9.17) is 42.6 Å². The van der Waals surface area contributed by atoms with Crippen molar-refractivity contribution in [2.45, 2.75) is 144 Å². The molecule has 12 heteroatoms.